The molecule has 0 unspecified atom stereocenters. The van der Waals surface area contributed by atoms with Crippen LogP contribution in [-0.4, -0.2) is 22.6 Å². The van der Waals surface area contributed by atoms with Gasteiger partial charge in [-0.1, -0.05) is 133 Å². The number of fused-ring (bicyclic) bond motifs is 16. The largest absolute Gasteiger partial charge is 0.458 e. The molecule has 0 bridgehead atoms. The fraction of sp³-hybridized carbons (Fsp3) is 0. The summed E-state index contributed by atoms with van der Waals surface area (Å²) >= 11 is 0. The number of benzene rings is 10. The second kappa shape index (κ2) is 13.4. The number of hydrogen-bond acceptors (Lipinski definition) is 4. The quantitative estimate of drug-likeness (QED) is 0.162. The number of aromatic nitrogens is 2. The van der Waals surface area contributed by atoms with Gasteiger partial charge in [0.25, 0.3) is 13.4 Å². The molecule has 0 fully saturated rings. The molecule has 16 rings (SSSR count). The highest BCUT2D eigenvalue weighted by molar-refractivity contribution is 7.02. The van der Waals surface area contributed by atoms with Crippen molar-refractivity contribution in [1.82, 2.24) is 9.13 Å². The first kappa shape index (κ1) is 36.4. The molecule has 314 valence electrons. The van der Waals surface area contributed by atoms with Crippen molar-refractivity contribution in [2.24, 2.45) is 0 Å². The lowest BCUT2D eigenvalue weighted by molar-refractivity contribution is 0.467. The average molecular weight is 868 g/mol. The summed E-state index contributed by atoms with van der Waals surface area (Å²) in [5.41, 5.74) is 17.6. The van der Waals surface area contributed by atoms with Crippen LogP contribution in [0.25, 0.3) is 55.0 Å². The minimum Gasteiger partial charge on any atom is -0.458 e. The van der Waals surface area contributed by atoms with Crippen molar-refractivity contribution >= 4 is 107 Å². The van der Waals surface area contributed by atoms with Crippen LogP contribution >= 0.6 is 0 Å². The van der Waals surface area contributed by atoms with Crippen molar-refractivity contribution in [1.29, 1.82) is 0 Å². The van der Waals surface area contributed by atoms with Gasteiger partial charge in [0, 0.05) is 51.3 Å². The fourth-order valence-electron chi connectivity index (χ4n) is 12.3. The zero-order valence-electron chi connectivity index (χ0n) is 36.4. The Morgan fingerprint density at radius 2 is 0.882 bits per heavy atom. The lowest BCUT2D eigenvalue weighted by Crippen LogP contribution is -2.63. The molecule has 8 heteroatoms. The molecule has 12 aromatic rings. The summed E-state index contributed by atoms with van der Waals surface area (Å²) in [6, 6.07) is 75.7. The number of anilines is 3. The normalized spacial score (nSPS) is 13.3. The Hall–Kier alpha value is -8.87. The summed E-state index contributed by atoms with van der Waals surface area (Å²) < 4.78 is 26.0. The molecule has 10 aromatic carbocycles. The van der Waals surface area contributed by atoms with E-state index in [0.29, 0.717) is 0 Å². The summed E-state index contributed by atoms with van der Waals surface area (Å²) in [5, 5.41) is 4.46. The first-order valence-electron chi connectivity index (χ1n) is 23.3. The summed E-state index contributed by atoms with van der Waals surface area (Å²) in [6.07, 6.45) is 0. The molecule has 0 N–H and O–H groups in total. The first-order valence-corrected chi connectivity index (χ1v) is 23.3. The zero-order valence-corrected chi connectivity index (χ0v) is 36.4. The number of nitrogens with zero attached hydrogens (tertiary/aromatic N) is 3. The maximum absolute atomic E-state index is 7.07. The van der Waals surface area contributed by atoms with Crippen LogP contribution < -0.4 is 51.9 Å². The van der Waals surface area contributed by atoms with Gasteiger partial charge in [0.2, 0.25) is 0 Å². The summed E-state index contributed by atoms with van der Waals surface area (Å²) in [6.45, 7) is -0.200. The molecule has 0 amide bonds. The molecule has 0 spiro atoms. The molecule has 0 saturated heterocycles. The molecule has 2 aromatic heterocycles. The van der Waals surface area contributed by atoms with E-state index in [2.05, 4.69) is 166 Å². The van der Waals surface area contributed by atoms with Crippen LogP contribution in [0.5, 0.6) is 34.5 Å². The van der Waals surface area contributed by atoms with E-state index in [4.69, 9.17) is 14.2 Å². The molecule has 6 heterocycles. The molecule has 4 aliphatic heterocycles. The van der Waals surface area contributed by atoms with Gasteiger partial charge in [-0.2, -0.15) is 0 Å². The minimum absolute atomic E-state index is 0.0921. The Kier molecular flexibility index (Phi) is 7.15. The van der Waals surface area contributed by atoms with Crippen LogP contribution in [0.3, 0.4) is 0 Å². The molecular formula is C60H35B2N3O3. The Labute approximate surface area is 391 Å². The highest BCUT2D eigenvalue weighted by Gasteiger charge is 2.47. The monoisotopic (exact) mass is 867 g/mol. The molecule has 0 atom stereocenters. The van der Waals surface area contributed by atoms with Gasteiger partial charge >= 0.3 is 0 Å². The van der Waals surface area contributed by atoms with Crippen LogP contribution in [0.1, 0.15) is 0 Å². The minimum atomic E-state index is -0.107. The number of rotatable bonds is 5. The number of ether oxygens (including phenoxy) is 3. The van der Waals surface area contributed by atoms with Crippen LogP contribution in [0.15, 0.2) is 212 Å². The topological polar surface area (TPSA) is 40.8 Å². The Balaban J connectivity index is 1.07. The van der Waals surface area contributed by atoms with Gasteiger partial charge in [0.15, 0.2) is 0 Å². The SMILES string of the molecule is c1ccc(Oc2cc3c4c5c2c2ccccc2n5-c2cc5c(cc2B4c2ccccc2O3)B2c3ccccc3N(c3ccccc3)c3cc(Oc4ccccc4)c4c6ccccc6n-5c4c32)cc1. The first-order chi connectivity index (χ1) is 33.8. The maximum atomic E-state index is 7.07. The summed E-state index contributed by atoms with van der Waals surface area (Å²) in [4.78, 5) is 2.44. The van der Waals surface area contributed by atoms with E-state index >= 15 is 0 Å². The predicted molar refractivity (Wildman–Crippen MR) is 279 cm³/mol. The Bertz CT molecular complexity index is 4150. The van der Waals surface area contributed by atoms with Gasteiger partial charge in [-0.15, -0.1) is 0 Å². The molecule has 0 saturated carbocycles. The van der Waals surface area contributed by atoms with Gasteiger partial charge in [0.05, 0.1) is 32.8 Å². The smallest absolute Gasteiger partial charge is 0.256 e. The molecule has 0 radical (unpaired) electrons. The molecule has 0 aliphatic carbocycles. The van der Waals surface area contributed by atoms with E-state index in [0.717, 1.165) is 112 Å². The van der Waals surface area contributed by atoms with Crippen molar-refractivity contribution in [3.05, 3.63) is 212 Å². The van der Waals surface area contributed by atoms with Gasteiger partial charge in [-0.05, 0) is 99.5 Å². The van der Waals surface area contributed by atoms with Gasteiger partial charge in [0.1, 0.15) is 34.5 Å². The van der Waals surface area contributed by atoms with E-state index in [-0.39, 0.29) is 13.4 Å². The number of para-hydroxylation sites is 7. The zero-order chi connectivity index (χ0) is 44.2. The third-order valence-electron chi connectivity index (χ3n) is 14.8. The molecule has 6 nitrogen and oxygen atoms in total. The van der Waals surface area contributed by atoms with E-state index in [1.807, 2.05) is 60.7 Å². The average Bonchev–Trinajstić information content (AvgIpc) is 3.93. The van der Waals surface area contributed by atoms with E-state index in [9.17, 15) is 0 Å². The number of hydrogen-bond donors (Lipinski definition) is 0. The fourth-order valence-corrected chi connectivity index (χ4v) is 12.3. The van der Waals surface area contributed by atoms with Crippen LogP contribution in [-0.2, 0) is 0 Å². The van der Waals surface area contributed by atoms with Crippen molar-refractivity contribution in [3.8, 4) is 45.9 Å². The second-order valence-corrected chi connectivity index (χ2v) is 18.3. The Morgan fingerprint density at radius 1 is 0.368 bits per heavy atom. The van der Waals surface area contributed by atoms with Crippen molar-refractivity contribution in [3.63, 3.8) is 0 Å². The molecular weight excluding hydrogens is 832 g/mol. The van der Waals surface area contributed by atoms with E-state index in [1.165, 1.54) is 27.4 Å². The highest BCUT2D eigenvalue weighted by Crippen LogP contribution is 2.49. The second-order valence-electron chi connectivity index (χ2n) is 18.3. The van der Waals surface area contributed by atoms with Gasteiger partial charge in [-0.25, -0.2) is 0 Å². The van der Waals surface area contributed by atoms with Crippen LogP contribution in [0, 0.1) is 0 Å². The highest BCUT2D eigenvalue weighted by atomic mass is 16.5. The summed E-state index contributed by atoms with van der Waals surface area (Å²) in [5.74, 6) is 4.85. The predicted octanol–water partition coefficient (Wildman–Crippen LogP) is 11.0. The van der Waals surface area contributed by atoms with Crippen molar-refractivity contribution < 1.29 is 14.2 Å². The molecule has 68 heavy (non-hydrogen) atoms. The van der Waals surface area contributed by atoms with E-state index in [1.54, 1.807) is 0 Å². The lowest BCUT2D eigenvalue weighted by atomic mass is 9.31. The maximum Gasteiger partial charge on any atom is 0.256 e. The standard InChI is InChI=1S/C60H35B2N3O3/c1-4-18-36(19-5-1)63-47-30-16-12-26-41(47)61-43-32-44-49(33-48(43)64-45-28-14-10-24-39(45)55-52(34-50(63)57(61)59(55)64)66-37-20-6-2-7-21-37)65-46-29-15-11-25-40(46)56-53(67-38-22-8-3-9-23-38)35-54-58(60(56)65)62(44)42-27-13-17-31-51(42)68-54/h1-35H. The Morgan fingerprint density at radius 3 is 1.54 bits per heavy atom. The lowest BCUT2D eigenvalue weighted by Gasteiger charge is -2.41. The third-order valence-corrected chi connectivity index (χ3v) is 14.8. The van der Waals surface area contributed by atoms with Crippen LogP contribution in [0.2, 0.25) is 0 Å². The van der Waals surface area contributed by atoms with Gasteiger partial charge in [-0.3, -0.25) is 0 Å². The third kappa shape index (κ3) is 4.73. The molecule has 4 aliphatic rings. The summed E-state index contributed by atoms with van der Waals surface area (Å²) in [7, 11) is 0. The van der Waals surface area contributed by atoms with Crippen molar-refractivity contribution in [2.45, 2.75) is 0 Å². The van der Waals surface area contributed by atoms with Crippen molar-refractivity contribution in [2.75, 3.05) is 4.90 Å². The van der Waals surface area contributed by atoms with Gasteiger partial charge < -0.3 is 28.2 Å². The van der Waals surface area contributed by atoms with Crippen LogP contribution in [0.4, 0.5) is 17.1 Å². The van der Waals surface area contributed by atoms with E-state index < -0.39 is 0 Å².